The van der Waals surface area contributed by atoms with E-state index >= 15 is 0 Å². The van der Waals surface area contributed by atoms with E-state index in [2.05, 4.69) is 0 Å². The first-order valence-electron chi connectivity index (χ1n) is 6.52. The highest BCUT2D eigenvalue weighted by Gasteiger charge is 2.34. The van der Waals surface area contributed by atoms with Gasteiger partial charge in [0.2, 0.25) is 0 Å². The topological polar surface area (TPSA) is 35.2 Å². The summed E-state index contributed by atoms with van der Waals surface area (Å²) in [5, 5.41) is 0. The maximum absolute atomic E-state index is 13.2. The van der Waals surface area contributed by atoms with Gasteiger partial charge in [0.05, 0.1) is 11.7 Å². The number of nitrogen functional groups attached to an aromatic ring is 1. The number of hydrogen-bond acceptors (Lipinski definition) is 2. The lowest BCUT2D eigenvalue weighted by molar-refractivity contribution is -0.137. The summed E-state index contributed by atoms with van der Waals surface area (Å²) in [6, 6.07) is 10.2. The van der Waals surface area contributed by atoms with Gasteiger partial charge in [0.25, 0.3) is 0 Å². The fraction of sp³-hybridized carbons (Fsp3) is 0.250. The zero-order chi connectivity index (χ0) is 15.6. The average Bonchev–Trinajstić information content (AvgIpc) is 2.37. The second-order valence-electron chi connectivity index (χ2n) is 4.93. The highest BCUT2D eigenvalue weighted by molar-refractivity contribution is 5.84. The van der Waals surface area contributed by atoms with Crippen molar-refractivity contribution in [3.63, 3.8) is 0 Å². The van der Waals surface area contributed by atoms with Gasteiger partial charge in [-0.2, -0.15) is 13.2 Å². The summed E-state index contributed by atoms with van der Waals surface area (Å²) >= 11 is 0. The molecule has 0 saturated heterocycles. The number of benzene rings is 2. The first kappa shape index (κ1) is 15.2. The predicted octanol–water partition coefficient (Wildman–Crippen LogP) is 4.74. The van der Waals surface area contributed by atoms with Crippen molar-refractivity contribution in [2.45, 2.75) is 26.1 Å². The van der Waals surface area contributed by atoms with Gasteiger partial charge in [-0.3, -0.25) is 0 Å². The van der Waals surface area contributed by atoms with Crippen LogP contribution in [0, 0.1) is 0 Å². The Hall–Kier alpha value is -2.17. The normalized spacial score (nSPS) is 11.7. The van der Waals surface area contributed by atoms with E-state index in [9.17, 15) is 13.2 Å². The number of ether oxygens (including phenoxy) is 1. The fourth-order valence-corrected chi connectivity index (χ4v) is 2.14. The Morgan fingerprint density at radius 1 is 1.00 bits per heavy atom. The average molecular weight is 295 g/mol. The molecule has 0 radical (unpaired) electrons. The molecule has 2 aromatic carbocycles. The van der Waals surface area contributed by atoms with Crippen molar-refractivity contribution in [3.8, 4) is 16.9 Å². The van der Waals surface area contributed by atoms with Crippen LogP contribution < -0.4 is 10.5 Å². The van der Waals surface area contributed by atoms with Gasteiger partial charge in [0, 0.05) is 11.3 Å². The van der Waals surface area contributed by atoms with Crippen LogP contribution in [0.15, 0.2) is 42.5 Å². The molecule has 0 saturated carbocycles. The molecule has 5 heteroatoms. The Balaban J connectivity index is 2.68. The number of rotatable bonds is 3. The van der Waals surface area contributed by atoms with Gasteiger partial charge in [-0.15, -0.1) is 0 Å². The molecule has 2 N–H and O–H groups in total. The summed E-state index contributed by atoms with van der Waals surface area (Å²) in [6.07, 6.45) is -4.61. The Morgan fingerprint density at radius 2 is 1.67 bits per heavy atom. The summed E-state index contributed by atoms with van der Waals surface area (Å²) in [7, 11) is 0. The van der Waals surface area contributed by atoms with E-state index in [0.29, 0.717) is 5.75 Å². The number of hydrogen-bond donors (Lipinski definition) is 1. The molecule has 2 aromatic rings. The number of halogens is 3. The molecule has 2 nitrogen and oxygen atoms in total. The Bertz CT molecular complexity index is 636. The van der Waals surface area contributed by atoms with E-state index in [1.54, 1.807) is 24.3 Å². The monoisotopic (exact) mass is 295 g/mol. The van der Waals surface area contributed by atoms with Crippen LogP contribution in [0.1, 0.15) is 19.4 Å². The second-order valence-corrected chi connectivity index (χ2v) is 4.93. The molecule has 0 aliphatic rings. The number of nitrogens with two attached hydrogens (primary N) is 1. The SMILES string of the molecule is CC(C)Oc1cccc(N)c1-c1ccccc1C(F)(F)F. The third-order valence-corrected chi connectivity index (χ3v) is 2.92. The molecule has 0 aliphatic carbocycles. The lowest BCUT2D eigenvalue weighted by Gasteiger charge is -2.19. The Kier molecular flexibility index (Phi) is 4.11. The van der Waals surface area contributed by atoms with Crippen LogP contribution in [-0.4, -0.2) is 6.10 Å². The third-order valence-electron chi connectivity index (χ3n) is 2.92. The molecule has 0 aliphatic heterocycles. The lowest BCUT2D eigenvalue weighted by Crippen LogP contribution is -2.10. The largest absolute Gasteiger partial charge is 0.490 e. The third kappa shape index (κ3) is 3.29. The summed E-state index contributed by atoms with van der Waals surface area (Å²) < 4.78 is 45.1. The van der Waals surface area contributed by atoms with Gasteiger partial charge in [0.1, 0.15) is 5.75 Å². The maximum atomic E-state index is 13.2. The van der Waals surface area contributed by atoms with Crippen LogP contribution in [0.25, 0.3) is 11.1 Å². The van der Waals surface area contributed by atoms with Gasteiger partial charge in [-0.05, 0) is 37.6 Å². The van der Waals surface area contributed by atoms with Crippen LogP contribution in [-0.2, 0) is 6.18 Å². The minimum atomic E-state index is -4.45. The molecule has 0 amide bonds. The van der Waals surface area contributed by atoms with Crippen LogP contribution in [0.3, 0.4) is 0 Å². The van der Waals surface area contributed by atoms with E-state index < -0.39 is 11.7 Å². The van der Waals surface area contributed by atoms with Gasteiger partial charge in [-0.1, -0.05) is 24.3 Å². The minimum Gasteiger partial charge on any atom is -0.490 e. The van der Waals surface area contributed by atoms with Crippen molar-refractivity contribution < 1.29 is 17.9 Å². The molecule has 0 atom stereocenters. The highest BCUT2D eigenvalue weighted by atomic mass is 19.4. The first-order valence-corrected chi connectivity index (χ1v) is 6.52. The van der Waals surface area contributed by atoms with Crippen molar-refractivity contribution in [2.24, 2.45) is 0 Å². The van der Waals surface area contributed by atoms with Crippen molar-refractivity contribution in [1.82, 2.24) is 0 Å². The Labute approximate surface area is 121 Å². The minimum absolute atomic E-state index is 0.0266. The zero-order valence-electron chi connectivity index (χ0n) is 11.7. The summed E-state index contributed by atoms with van der Waals surface area (Å²) in [6.45, 7) is 3.62. The zero-order valence-corrected chi connectivity index (χ0v) is 11.7. The van der Waals surface area contributed by atoms with Crippen molar-refractivity contribution in [2.75, 3.05) is 5.73 Å². The molecule has 0 heterocycles. The lowest BCUT2D eigenvalue weighted by atomic mass is 9.97. The van der Waals surface area contributed by atoms with Gasteiger partial charge in [-0.25, -0.2) is 0 Å². The van der Waals surface area contributed by atoms with Crippen molar-refractivity contribution >= 4 is 5.69 Å². The van der Waals surface area contributed by atoms with E-state index in [-0.39, 0.29) is 22.9 Å². The van der Waals surface area contributed by atoms with Crippen molar-refractivity contribution in [3.05, 3.63) is 48.0 Å². The van der Waals surface area contributed by atoms with Gasteiger partial charge < -0.3 is 10.5 Å². The number of alkyl halides is 3. The Morgan fingerprint density at radius 3 is 2.29 bits per heavy atom. The summed E-state index contributed by atoms with van der Waals surface area (Å²) in [4.78, 5) is 0. The fourth-order valence-electron chi connectivity index (χ4n) is 2.14. The molecule has 0 aromatic heterocycles. The quantitative estimate of drug-likeness (QED) is 0.830. The van der Waals surface area contributed by atoms with Crippen LogP contribution in [0.4, 0.5) is 18.9 Å². The van der Waals surface area contributed by atoms with Crippen molar-refractivity contribution in [1.29, 1.82) is 0 Å². The summed E-state index contributed by atoms with van der Waals surface area (Å²) in [5.74, 6) is 0.349. The molecule has 21 heavy (non-hydrogen) atoms. The second kappa shape index (κ2) is 5.68. The number of anilines is 1. The first-order chi connectivity index (χ1) is 9.80. The standard InChI is InChI=1S/C16H16F3NO/c1-10(2)21-14-9-5-8-13(20)15(14)11-6-3-4-7-12(11)16(17,18)19/h3-10H,20H2,1-2H3. The molecular weight excluding hydrogens is 279 g/mol. The molecule has 2 rings (SSSR count). The molecular formula is C16H16F3NO. The van der Waals surface area contributed by atoms with E-state index in [1.165, 1.54) is 12.1 Å². The highest BCUT2D eigenvalue weighted by Crippen LogP contribution is 2.43. The smallest absolute Gasteiger partial charge is 0.417 e. The molecule has 0 spiro atoms. The maximum Gasteiger partial charge on any atom is 0.417 e. The van der Waals surface area contributed by atoms with Crippen LogP contribution in [0.2, 0.25) is 0 Å². The summed E-state index contributed by atoms with van der Waals surface area (Å²) in [5.41, 5.74) is 5.73. The van der Waals surface area contributed by atoms with Gasteiger partial charge in [0.15, 0.2) is 0 Å². The molecule has 0 bridgehead atoms. The van der Waals surface area contributed by atoms with E-state index in [0.717, 1.165) is 6.07 Å². The molecule has 0 unspecified atom stereocenters. The van der Waals surface area contributed by atoms with Crippen LogP contribution in [0.5, 0.6) is 5.75 Å². The molecule has 0 fully saturated rings. The van der Waals surface area contributed by atoms with E-state index in [1.807, 2.05) is 13.8 Å². The molecule has 112 valence electrons. The van der Waals surface area contributed by atoms with E-state index in [4.69, 9.17) is 10.5 Å². The van der Waals surface area contributed by atoms with Crippen LogP contribution >= 0.6 is 0 Å². The predicted molar refractivity (Wildman–Crippen MR) is 77.1 cm³/mol. The van der Waals surface area contributed by atoms with Gasteiger partial charge >= 0.3 is 6.18 Å².